The van der Waals surface area contributed by atoms with Crippen molar-refractivity contribution in [3.63, 3.8) is 0 Å². The Hall–Kier alpha value is -2.66. The highest BCUT2D eigenvalue weighted by Crippen LogP contribution is 2.35. The van der Waals surface area contributed by atoms with Crippen LogP contribution in [0.4, 0.5) is 0 Å². The van der Waals surface area contributed by atoms with Gasteiger partial charge in [0.15, 0.2) is 0 Å². The van der Waals surface area contributed by atoms with Crippen LogP contribution in [0.3, 0.4) is 0 Å². The molecule has 0 unspecified atom stereocenters. The molecule has 1 aromatic heterocycles. The summed E-state index contributed by atoms with van der Waals surface area (Å²) in [5.74, 6) is 2.20. The molecule has 0 bridgehead atoms. The highest BCUT2D eigenvalue weighted by atomic mass is 16.5. The Bertz CT molecular complexity index is 919. The third-order valence-electron chi connectivity index (χ3n) is 4.98. The quantitative estimate of drug-likeness (QED) is 0.713. The molecule has 134 valence electrons. The fraction of sp³-hybridized carbons (Fsp3) is 0.333. The minimum absolute atomic E-state index is 0.0660. The number of fused-ring (bicyclic) bond motifs is 1. The molecule has 3 aromatic rings. The van der Waals surface area contributed by atoms with Gasteiger partial charge in [-0.15, -0.1) is 10.2 Å². The zero-order valence-corrected chi connectivity index (χ0v) is 15.4. The van der Waals surface area contributed by atoms with E-state index in [0.29, 0.717) is 11.8 Å². The van der Waals surface area contributed by atoms with E-state index < -0.39 is 0 Å². The summed E-state index contributed by atoms with van der Waals surface area (Å²) in [7, 11) is 1.72. The van der Waals surface area contributed by atoms with Gasteiger partial charge in [0.2, 0.25) is 11.8 Å². The number of hydrogen-bond acceptors (Lipinski definition) is 5. The van der Waals surface area contributed by atoms with E-state index in [1.807, 2.05) is 13.0 Å². The highest BCUT2D eigenvalue weighted by Gasteiger charge is 2.31. The molecule has 1 aliphatic heterocycles. The Morgan fingerprint density at radius 1 is 1.12 bits per heavy atom. The fourth-order valence-corrected chi connectivity index (χ4v) is 3.68. The van der Waals surface area contributed by atoms with E-state index in [0.717, 1.165) is 25.3 Å². The molecule has 2 aromatic carbocycles. The molecule has 1 atom stereocenters. The molecule has 0 fully saturated rings. The number of benzene rings is 2. The average Bonchev–Trinajstić information content (AvgIpc) is 3.07. The lowest BCUT2D eigenvalue weighted by atomic mass is 9.93. The molecule has 1 aliphatic rings. The highest BCUT2D eigenvalue weighted by molar-refractivity contribution is 5.38. The third kappa shape index (κ3) is 3.22. The first kappa shape index (κ1) is 16.8. The maximum absolute atomic E-state index is 5.79. The van der Waals surface area contributed by atoms with Gasteiger partial charge in [0.25, 0.3) is 0 Å². The number of methoxy groups -OCH3 is 1. The van der Waals surface area contributed by atoms with Gasteiger partial charge < -0.3 is 9.15 Å². The SMILES string of the molecule is COc1ccc(C)cc1CN1Cc2ccccc2C[C@H]1c1nnc(C)o1. The molecule has 0 radical (unpaired) electrons. The van der Waals surface area contributed by atoms with Gasteiger partial charge in [-0.3, -0.25) is 4.90 Å². The second-order valence-corrected chi connectivity index (χ2v) is 6.87. The maximum atomic E-state index is 5.79. The van der Waals surface area contributed by atoms with Gasteiger partial charge in [0.05, 0.1) is 13.2 Å². The molecule has 0 amide bonds. The van der Waals surface area contributed by atoms with Crippen molar-refractivity contribution >= 4 is 0 Å². The summed E-state index contributed by atoms with van der Waals surface area (Å²) in [4.78, 5) is 2.40. The van der Waals surface area contributed by atoms with Crippen LogP contribution in [0.25, 0.3) is 0 Å². The van der Waals surface area contributed by atoms with Crippen molar-refractivity contribution in [3.8, 4) is 5.75 Å². The summed E-state index contributed by atoms with van der Waals surface area (Å²) in [5, 5.41) is 8.34. The maximum Gasteiger partial charge on any atom is 0.233 e. The molecule has 5 heteroatoms. The van der Waals surface area contributed by atoms with Gasteiger partial charge in [0, 0.05) is 25.6 Å². The third-order valence-corrected chi connectivity index (χ3v) is 4.98. The normalized spacial score (nSPS) is 17.1. The summed E-state index contributed by atoms with van der Waals surface area (Å²) >= 11 is 0. The predicted octanol–water partition coefficient (Wildman–Crippen LogP) is 3.99. The number of aromatic nitrogens is 2. The second kappa shape index (κ2) is 6.92. The minimum atomic E-state index is 0.0660. The van der Waals surface area contributed by atoms with Crippen molar-refractivity contribution in [2.45, 2.75) is 39.4 Å². The van der Waals surface area contributed by atoms with Crippen LogP contribution in [0, 0.1) is 13.8 Å². The van der Waals surface area contributed by atoms with Gasteiger partial charge in [0.1, 0.15) is 5.75 Å². The molecule has 0 spiro atoms. The molecule has 2 heterocycles. The van der Waals surface area contributed by atoms with Crippen molar-refractivity contribution in [1.29, 1.82) is 0 Å². The van der Waals surface area contributed by atoms with Gasteiger partial charge in [-0.2, -0.15) is 0 Å². The zero-order valence-electron chi connectivity index (χ0n) is 15.4. The van der Waals surface area contributed by atoms with E-state index in [1.165, 1.54) is 22.3 Å². The van der Waals surface area contributed by atoms with Crippen molar-refractivity contribution in [3.05, 3.63) is 76.5 Å². The van der Waals surface area contributed by atoms with Gasteiger partial charge in [-0.25, -0.2) is 0 Å². The van der Waals surface area contributed by atoms with E-state index in [9.17, 15) is 0 Å². The van der Waals surface area contributed by atoms with E-state index in [4.69, 9.17) is 9.15 Å². The lowest BCUT2D eigenvalue weighted by molar-refractivity contribution is 0.136. The summed E-state index contributed by atoms with van der Waals surface area (Å²) in [5.41, 5.74) is 5.10. The molecule has 26 heavy (non-hydrogen) atoms. The second-order valence-electron chi connectivity index (χ2n) is 6.87. The minimum Gasteiger partial charge on any atom is -0.496 e. The number of nitrogens with zero attached hydrogens (tertiary/aromatic N) is 3. The van der Waals surface area contributed by atoms with Crippen LogP contribution in [0.15, 0.2) is 46.9 Å². The van der Waals surface area contributed by atoms with Crippen molar-refractivity contribution in [2.75, 3.05) is 7.11 Å². The van der Waals surface area contributed by atoms with E-state index in [-0.39, 0.29) is 6.04 Å². The molecule has 5 nitrogen and oxygen atoms in total. The molecule has 0 saturated heterocycles. The summed E-state index contributed by atoms with van der Waals surface area (Å²) in [6.07, 6.45) is 0.867. The van der Waals surface area contributed by atoms with Gasteiger partial charge >= 0.3 is 0 Å². The monoisotopic (exact) mass is 349 g/mol. The van der Waals surface area contributed by atoms with E-state index in [1.54, 1.807) is 7.11 Å². The Balaban J connectivity index is 1.71. The van der Waals surface area contributed by atoms with Crippen LogP contribution < -0.4 is 4.74 Å². The van der Waals surface area contributed by atoms with E-state index in [2.05, 4.69) is 58.4 Å². The molecule has 0 saturated carbocycles. The number of hydrogen-bond donors (Lipinski definition) is 0. The largest absolute Gasteiger partial charge is 0.496 e. The molecule has 4 rings (SSSR count). The van der Waals surface area contributed by atoms with Crippen LogP contribution in [-0.4, -0.2) is 22.2 Å². The number of aryl methyl sites for hydroxylation is 2. The predicted molar refractivity (Wildman–Crippen MR) is 98.9 cm³/mol. The van der Waals surface area contributed by atoms with Crippen LogP contribution >= 0.6 is 0 Å². The standard InChI is InChI=1S/C21H23N3O2/c1-14-8-9-20(25-3)18(10-14)13-24-12-17-7-5-4-6-16(17)11-19(24)21-23-22-15(2)26-21/h4-10,19H,11-13H2,1-3H3/t19-/m0/s1. The first-order valence-corrected chi connectivity index (χ1v) is 8.88. The molecular formula is C21H23N3O2. The van der Waals surface area contributed by atoms with Crippen molar-refractivity contribution in [1.82, 2.24) is 15.1 Å². The van der Waals surface area contributed by atoms with Crippen LogP contribution in [0.2, 0.25) is 0 Å². The Morgan fingerprint density at radius 3 is 2.65 bits per heavy atom. The van der Waals surface area contributed by atoms with Crippen LogP contribution in [-0.2, 0) is 19.5 Å². The molecule has 0 N–H and O–H groups in total. The smallest absolute Gasteiger partial charge is 0.233 e. The van der Waals surface area contributed by atoms with Crippen LogP contribution in [0.1, 0.15) is 40.1 Å². The lowest BCUT2D eigenvalue weighted by Gasteiger charge is -2.35. The van der Waals surface area contributed by atoms with Crippen molar-refractivity contribution < 1.29 is 9.15 Å². The Morgan fingerprint density at radius 2 is 1.92 bits per heavy atom. The fourth-order valence-electron chi connectivity index (χ4n) is 3.68. The topological polar surface area (TPSA) is 51.4 Å². The van der Waals surface area contributed by atoms with Crippen molar-refractivity contribution in [2.24, 2.45) is 0 Å². The molecule has 0 aliphatic carbocycles. The van der Waals surface area contributed by atoms with Gasteiger partial charge in [-0.1, -0.05) is 42.0 Å². The molecular weight excluding hydrogens is 326 g/mol. The van der Waals surface area contributed by atoms with Crippen LogP contribution in [0.5, 0.6) is 5.75 Å². The summed E-state index contributed by atoms with van der Waals surface area (Å²) < 4.78 is 11.4. The summed E-state index contributed by atoms with van der Waals surface area (Å²) in [6.45, 7) is 5.55. The van der Waals surface area contributed by atoms with E-state index >= 15 is 0 Å². The first-order valence-electron chi connectivity index (χ1n) is 8.88. The van der Waals surface area contributed by atoms with Gasteiger partial charge in [-0.05, 0) is 30.5 Å². The summed E-state index contributed by atoms with van der Waals surface area (Å²) in [6, 6.07) is 14.9. The average molecular weight is 349 g/mol. The number of rotatable bonds is 4. The Kier molecular flexibility index (Phi) is 4.47. The zero-order chi connectivity index (χ0) is 18.1. The number of ether oxygens (including phenoxy) is 1. The Labute approximate surface area is 153 Å². The lowest BCUT2D eigenvalue weighted by Crippen LogP contribution is -2.34. The first-order chi connectivity index (χ1) is 12.6.